The summed E-state index contributed by atoms with van der Waals surface area (Å²) in [6.45, 7) is 2.14. The largest absolute Gasteiger partial charge is 0.372 e. The van der Waals surface area contributed by atoms with E-state index in [0.29, 0.717) is 11.6 Å². The van der Waals surface area contributed by atoms with E-state index in [4.69, 9.17) is 28.6 Å². The molecule has 0 saturated heterocycles. The lowest BCUT2D eigenvalue weighted by molar-refractivity contribution is -0.126. The topological polar surface area (TPSA) is 79.5 Å². The highest BCUT2D eigenvalue weighted by molar-refractivity contribution is 7.80. The van der Waals surface area contributed by atoms with E-state index >= 15 is 0 Å². The van der Waals surface area contributed by atoms with Crippen LogP contribution in [0.3, 0.4) is 0 Å². The second-order valence-electron chi connectivity index (χ2n) is 3.99. The van der Waals surface area contributed by atoms with Gasteiger partial charge in [-0.05, 0) is 36.8 Å². The molecule has 8 heteroatoms. The molecule has 0 unspecified atom stereocenters. The number of carbonyl (C=O) groups is 2. The van der Waals surface area contributed by atoms with Crippen molar-refractivity contribution >= 4 is 40.7 Å². The molecule has 0 saturated carbocycles. The second kappa shape index (κ2) is 9.28. The molecule has 0 atom stereocenters. The SMILES string of the molecule is CCOCC(=O)NNC(=S)NC(=O)Cc1ccc(Cl)cc1. The Kier molecular flexibility index (Phi) is 7.66. The number of carbonyl (C=O) groups excluding carboxylic acids is 2. The minimum atomic E-state index is -0.383. The van der Waals surface area contributed by atoms with Crippen LogP contribution in [0.15, 0.2) is 24.3 Å². The van der Waals surface area contributed by atoms with Crippen molar-refractivity contribution in [2.75, 3.05) is 13.2 Å². The van der Waals surface area contributed by atoms with Crippen molar-refractivity contribution in [1.29, 1.82) is 0 Å². The Hall–Kier alpha value is -1.70. The van der Waals surface area contributed by atoms with Crippen molar-refractivity contribution in [1.82, 2.24) is 16.2 Å². The molecule has 0 aromatic heterocycles. The summed E-state index contributed by atoms with van der Waals surface area (Å²) in [6, 6.07) is 6.91. The molecule has 0 heterocycles. The van der Waals surface area contributed by atoms with Gasteiger partial charge in [0, 0.05) is 11.6 Å². The van der Waals surface area contributed by atoms with Crippen molar-refractivity contribution < 1.29 is 14.3 Å². The van der Waals surface area contributed by atoms with Crippen molar-refractivity contribution in [3.63, 3.8) is 0 Å². The van der Waals surface area contributed by atoms with Crippen LogP contribution in [0.4, 0.5) is 0 Å². The zero-order valence-electron chi connectivity index (χ0n) is 11.4. The predicted molar refractivity (Wildman–Crippen MR) is 83.7 cm³/mol. The normalized spacial score (nSPS) is 9.81. The molecule has 2 amide bonds. The molecule has 114 valence electrons. The van der Waals surface area contributed by atoms with Crippen molar-refractivity contribution in [3.05, 3.63) is 34.9 Å². The Labute approximate surface area is 133 Å². The molecule has 0 aliphatic heterocycles. The number of benzene rings is 1. The number of hydrogen-bond acceptors (Lipinski definition) is 4. The summed E-state index contributed by atoms with van der Waals surface area (Å²) < 4.78 is 4.90. The maximum absolute atomic E-state index is 11.7. The lowest BCUT2D eigenvalue weighted by Crippen LogP contribution is -2.49. The van der Waals surface area contributed by atoms with Crippen LogP contribution in [0.25, 0.3) is 0 Å². The van der Waals surface area contributed by atoms with Crippen LogP contribution in [0.1, 0.15) is 12.5 Å². The number of amides is 2. The Morgan fingerprint density at radius 1 is 1.19 bits per heavy atom. The zero-order chi connectivity index (χ0) is 15.7. The number of rotatable bonds is 5. The molecule has 1 rings (SSSR count). The zero-order valence-corrected chi connectivity index (χ0v) is 13.0. The quantitative estimate of drug-likeness (QED) is 0.553. The average Bonchev–Trinajstić information content (AvgIpc) is 2.45. The van der Waals surface area contributed by atoms with Gasteiger partial charge >= 0.3 is 0 Å². The first-order chi connectivity index (χ1) is 10.0. The molecule has 0 bridgehead atoms. The maximum atomic E-state index is 11.7. The monoisotopic (exact) mass is 329 g/mol. The van der Waals surface area contributed by atoms with E-state index in [1.807, 2.05) is 0 Å². The molecule has 21 heavy (non-hydrogen) atoms. The summed E-state index contributed by atoms with van der Waals surface area (Å²) in [6.07, 6.45) is 0.159. The molecule has 6 nitrogen and oxygen atoms in total. The van der Waals surface area contributed by atoms with Gasteiger partial charge in [0.1, 0.15) is 6.61 Å². The van der Waals surface area contributed by atoms with Gasteiger partial charge in [0.15, 0.2) is 5.11 Å². The number of hydrogen-bond donors (Lipinski definition) is 3. The van der Waals surface area contributed by atoms with Gasteiger partial charge in [-0.15, -0.1) is 0 Å². The fraction of sp³-hybridized carbons (Fsp3) is 0.308. The molecular weight excluding hydrogens is 314 g/mol. The molecule has 3 N–H and O–H groups in total. The van der Waals surface area contributed by atoms with Crippen molar-refractivity contribution in [2.24, 2.45) is 0 Å². The number of ether oxygens (including phenoxy) is 1. The Bertz CT molecular complexity index is 508. The van der Waals surface area contributed by atoms with Crippen molar-refractivity contribution in [3.8, 4) is 0 Å². The van der Waals surface area contributed by atoms with E-state index in [9.17, 15) is 9.59 Å². The van der Waals surface area contributed by atoms with Crippen LogP contribution in [0.5, 0.6) is 0 Å². The first-order valence-corrected chi connectivity index (χ1v) is 7.00. The highest BCUT2D eigenvalue weighted by Crippen LogP contribution is 2.09. The van der Waals surface area contributed by atoms with E-state index in [2.05, 4.69) is 16.2 Å². The van der Waals surface area contributed by atoms with Gasteiger partial charge in [0.2, 0.25) is 5.91 Å². The van der Waals surface area contributed by atoms with Gasteiger partial charge in [-0.1, -0.05) is 23.7 Å². The first kappa shape index (κ1) is 17.4. The summed E-state index contributed by atoms with van der Waals surface area (Å²) in [5.74, 6) is -0.681. The molecule has 0 fully saturated rings. The van der Waals surface area contributed by atoms with E-state index in [-0.39, 0.29) is 30.0 Å². The molecular formula is C13H16ClN3O3S. The van der Waals surface area contributed by atoms with Gasteiger partial charge < -0.3 is 10.1 Å². The van der Waals surface area contributed by atoms with Gasteiger partial charge in [-0.2, -0.15) is 0 Å². The molecule has 0 spiro atoms. The number of thiocarbonyl (C=S) groups is 1. The van der Waals surface area contributed by atoms with Crippen LogP contribution in [0, 0.1) is 0 Å². The summed E-state index contributed by atoms with van der Waals surface area (Å²) in [7, 11) is 0. The molecule has 1 aromatic rings. The van der Waals surface area contributed by atoms with Crippen LogP contribution in [-0.4, -0.2) is 30.1 Å². The van der Waals surface area contributed by atoms with Crippen LogP contribution in [-0.2, 0) is 20.7 Å². The smallest absolute Gasteiger partial charge is 0.264 e. The Morgan fingerprint density at radius 2 is 1.86 bits per heavy atom. The first-order valence-electron chi connectivity index (χ1n) is 6.22. The van der Waals surface area contributed by atoms with E-state index in [0.717, 1.165) is 5.56 Å². The van der Waals surface area contributed by atoms with Gasteiger partial charge in [-0.25, -0.2) is 0 Å². The standard InChI is InChI=1S/C13H16ClN3O3S/c1-2-20-8-12(19)16-17-13(21)15-11(18)7-9-3-5-10(14)6-4-9/h3-6H,2,7-8H2,1H3,(H,16,19)(H2,15,17,18,21). The van der Waals surface area contributed by atoms with E-state index < -0.39 is 0 Å². The van der Waals surface area contributed by atoms with Crippen LogP contribution in [0.2, 0.25) is 5.02 Å². The summed E-state index contributed by atoms with van der Waals surface area (Å²) in [5.41, 5.74) is 5.53. The lowest BCUT2D eigenvalue weighted by atomic mass is 10.1. The molecule has 1 aromatic carbocycles. The third-order valence-corrected chi connectivity index (χ3v) is 2.74. The third kappa shape index (κ3) is 7.60. The van der Waals surface area contributed by atoms with Crippen LogP contribution < -0.4 is 16.2 Å². The maximum Gasteiger partial charge on any atom is 0.264 e. The number of halogens is 1. The predicted octanol–water partition coefficient (Wildman–Crippen LogP) is 0.941. The minimum Gasteiger partial charge on any atom is -0.372 e. The van der Waals surface area contributed by atoms with E-state index in [1.54, 1.807) is 31.2 Å². The highest BCUT2D eigenvalue weighted by atomic mass is 35.5. The van der Waals surface area contributed by atoms with Crippen LogP contribution >= 0.6 is 23.8 Å². The summed E-state index contributed by atoms with van der Waals surface area (Å²) in [5, 5.41) is 3.07. The third-order valence-electron chi connectivity index (χ3n) is 2.28. The second-order valence-corrected chi connectivity index (χ2v) is 4.84. The summed E-state index contributed by atoms with van der Waals surface area (Å²) in [4.78, 5) is 22.9. The highest BCUT2D eigenvalue weighted by Gasteiger charge is 2.07. The van der Waals surface area contributed by atoms with Gasteiger partial charge in [0.25, 0.3) is 5.91 Å². The number of nitrogens with one attached hydrogen (secondary N) is 3. The molecule has 0 aliphatic rings. The number of hydrazine groups is 1. The van der Waals surface area contributed by atoms with E-state index in [1.165, 1.54) is 0 Å². The fourth-order valence-corrected chi connectivity index (χ4v) is 1.64. The average molecular weight is 330 g/mol. The summed E-state index contributed by atoms with van der Waals surface area (Å²) >= 11 is 10.6. The van der Waals surface area contributed by atoms with Gasteiger partial charge in [0.05, 0.1) is 6.42 Å². The minimum absolute atomic E-state index is 0.0128. The Morgan fingerprint density at radius 3 is 2.48 bits per heavy atom. The fourth-order valence-electron chi connectivity index (χ4n) is 1.35. The molecule has 0 radical (unpaired) electrons. The molecule has 0 aliphatic carbocycles. The lowest BCUT2D eigenvalue weighted by Gasteiger charge is -2.10. The Balaban J connectivity index is 2.29. The van der Waals surface area contributed by atoms with Crippen molar-refractivity contribution in [2.45, 2.75) is 13.3 Å². The van der Waals surface area contributed by atoms with Gasteiger partial charge in [-0.3, -0.25) is 20.4 Å².